The third-order valence-electron chi connectivity index (χ3n) is 4.20. The standard InChI is InChI=1S/C17H20FN3O3S2/c1-2-19-17(22)16-11-15(12-25-16)26(23,24)21-9-7-20(8-10-21)14-5-3-13(18)4-6-14/h3-6,11-12H,2,7-10H2,1H3,(H,19,22). The minimum atomic E-state index is -3.62. The Morgan fingerprint density at radius 2 is 1.85 bits per heavy atom. The van der Waals surface area contributed by atoms with Crippen LogP contribution in [0.2, 0.25) is 0 Å². The van der Waals surface area contributed by atoms with Crippen LogP contribution in [0.4, 0.5) is 10.1 Å². The molecule has 26 heavy (non-hydrogen) atoms. The number of thiophene rings is 1. The molecule has 0 bridgehead atoms. The average Bonchev–Trinajstić information content (AvgIpc) is 3.14. The summed E-state index contributed by atoms with van der Waals surface area (Å²) in [5.74, 6) is -0.560. The molecule has 3 rings (SSSR count). The summed E-state index contributed by atoms with van der Waals surface area (Å²) in [6.07, 6.45) is 0. The number of anilines is 1. The zero-order valence-electron chi connectivity index (χ0n) is 14.3. The second-order valence-electron chi connectivity index (χ2n) is 5.87. The molecule has 0 aliphatic carbocycles. The van der Waals surface area contributed by atoms with E-state index in [2.05, 4.69) is 5.32 Å². The first-order valence-electron chi connectivity index (χ1n) is 8.29. The van der Waals surface area contributed by atoms with Crippen molar-refractivity contribution in [2.45, 2.75) is 11.8 Å². The molecule has 1 aromatic heterocycles. The Labute approximate surface area is 156 Å². The van der Waals surface area contributed by atoms with Gasteiger partial charge in [-0.15, -0.1) is 11.3 Å². The van der Waals surface area contributed by atoms with Gasteiger partial charge in [-0.3, -0.25) is 4.79 Å². The van der Waals surface area contributed by atoms with Crippen molar-refractivity contribution in [3.8, 4) is 0 Å². The van der Waals surface area contributed by atoms with Gasteiger partial charge in [-0.25, -0.2) is 12.8 Å². The van der Waals surface area contributed by atoms with Crippen molar-refractivity contribution in [1.29, 1.82) is 0 Å². The highest BCUT2D eigenvalue weighted by Crippen LogP contribution is 2.25. The maximum absolute atomic E-state index is 13.0. The summed E-state index contributed by atoms with van der Waals surface area (Å²) in [4.78, 5) is 14.4. The SMILES string of the molecule is CCNC(=O)c1cc(S(=O)(=O)N2CCN(c3ccc(F)cc3)CC2)cs1. The lowest BCUT2D eigenvalue weighted by atomic mass is 10.2. The maximum Gasteiger partial charge on any atom is 0.261 e. The van der Waals surface area contributed by atoms with Crippen molar-refractivity contribution in [2.75, 3.05) is 37.6 Å². The first-order valence-corrected chi connectivity index (χ1v) is 10.6. The van der Waals surface area contributed by atoms with Crippen molar-refractivity contribution in [1.82, 2.24) is 9.62 Å². The van der Waals surface area contributed by atoms with Crippen LogP contribution < -0.4 is 10.2 Å². The van der Waals surface area contributed by atoms with E-state index in [4.69, 9.17) is 0 Å². The topological polar surface area (TPSA) is 69.7 Å². The Hall–Kier alpha value is -1.97. The molecular weight excluding hydrogens is 377 g/mol. The van der Waals surface area contributed by atoms with Gasteiger partial charge in [0.05, 0.1) is 9.77 Å². The molecule has 0 saturated carbocycles. The van der Waals surface area contributed by atoms with E-state index in [1.54, 1.807) is 12.1 Å². The van der Waals surface area contributed by atoms with Crippen LogP contribution in [-0.4, -0.2) is 51.4 Å². The van der Waals surface area contributed by atoms with E-state index in [0.29, 0.717) is 37.6 Å². The lowest BCUT2D eigenvalue weighted by Gasteiger charge is -2.35. The highest BCUT2D eigenvalue weighted by atomic mass is 32.2. The highest BCUT2D eigenvalue weighted by Gasteiger charge is 2.30. The van der Waals surface area contributed by atoms with E-state index in [9.17, 15) is 17.6 Å². The summed E-state index contributed by atoms with van der Waals surface area (Å²) < 4.78 is 40.1. The van der Waals surface area contributed by atoms with Crippen LogP contribution in [0.1, 0.15) is 16.6 Å². The summed E-state index contributed by atoms with van der Waals surface area (Å²) in [6.45, 7) is 4.03. The molecule has 140 valence electrons. The predicted octanol–water partition coefficient (Wildman–Crippen LogP) is 2.15. The molecule has 0 spiro atoms. The molecule has 0 radical (unpaired) electrons. The number of nitrogens with one attached hydrogen (secondary N) is 1. The molecule has 2 heterocycles. The fraction of sp³-hybridized carbons (Fsp3) is 0.353. The highest BCUT2D eigenvalue weighted by molar-refractivity contribution is 7.89. The molecule has 1 amide bonds. The second-order valence-corrected chi connectivity index (χ2v) is 8.72. The van der Waals surface area contributed by atoms with Crippen LogP contribution in [0.5, 0.6) is 0 Å². The Morgan fingerprint density at radius 3 is 2.46 bits per heavy atom. The lowest BCUT2D eigenvalue weighted by molar-refractivity contribution is 0.0959. The van der Waals surface area contributed by atoms with Gasteiger partial charge in [-0.1, -0.05) is 0 Å². The van der Waals surface area contributed by atoms with E-state index in [-0.39, 0.29) is 16.6 Å². The monoisotopic (exact) mass is 397 g/mol. The van der Waals surface area contributed by atoms with Gasteiger partial charge in [0.25, 0.3) is 5.91 Å². The zero-order chi connectivity index (χ0) is 18.7. The van der Waals surface area contributed by atoms with E-state index in [1.165, 1.54) is 27.9 Å². The van der Waals surface area contributed by atoms with Crippen molar-refractivity contribution >= 4 is 33.0 Å². The number of halogens is 1. The fourth-order valence-electron chi connectivity index (χ4n) is 2.81. The van der Waals surface area contributed by atoms with E-state index in [0.717, 1.165) is 17.0 Å². The Bertz CT molecular complexity index is 873. The van der Waals surface area contributed by atoms with Crippen LogP contribution in [0.3, 0.4) is 0 Å². The van der Waals surface area contributed by atoms with Gasteiger partial charge in [0, 0.05) is 43.8 Å². The molecule has 0 unspecified atom stereocenters. The average molecular weight is 397 g/mol. The van der Waals surface area contributed by atoms with Crippen molar-refractivity contribution in [3.63, 3.8) is 0 Å². The summed E-state index contributed by atoms with van der Waals surface area (Å²) in [7, 11) is -3.62. The molecule has 1 aromatic carbocycles. The van der Waals surface area contributed by atoms with E-state index < -0.39 is 10.0 Å². The van der Waals surface area contributed by atoms with Gasteiger partial charge in [0.1, 0.15) is 5.82 Å². The minimum absolute atomic E-state index is 0.152. The number of carbonyl (C=O) groups is 1. The molecule has 1 saturated heterocycles. The van der Waals surface area contributed by atoms with Crippen LogP contribution in [-0.2, 0) is 10.0 Å². The van der Waals surface area contributed by atoms with Crippen molar-refractivity contribution < 1.29 is 17.6 Å². The molecule has 1 aliphatic heterocycles. The van der Waals surface area contributed by atoms with Crippen LogP contribution in [0.25, 0.3) is 0 Å². The van der Waals surface area contributed by atoms with Gasteiger partial charge in [-0.2, -0.15) is 4.31 Å². The molecular formula is C17H20FN3O3S2. The summed E-state index contributed by atoms with van der Waals surface area (Å²) >= 11 is 1.12. The van der Waals surface area contributed by atoms with E-state index in [1.807, 2.05) is 11.8 Å². The van der Waals surface area contributed by atoms with Crippen molar-refractivity contribution in [3.05, 3.63) is 46.4 Å². The Morgan fingerprint density at radius 1 is 1.19 bits per heavy atom. The fourth-order valence-corrected chi connectivity index (χ4v) is 5.41. The quantitative estimate of drug-likeness (QED) is 0.839. The number of rotatable bonds is 5. The number of hydrogen-bond donors (Lipinski definition) is 1. The van der Waals surface area contributed by atoms with Crippen molar-refractivity contribution in [2.24, 2.45) is 0 Å². The molecule has 6 nitrogen and oxygen atoms in total. The van der Waals surface area contributed by atoms with E-state index >= 15 is 0 Å². The summed E-state index contributed by atoms with van der Waals surface area (Å²) in [6, 6.07) is 7.60. The third-order valence-corrected chi connectivity index (χ3v) is 7.16. The van der Waals surface area contributed by atoms with Gasteiger partial charge in [0.2, 0.25) is 10.0 Å². The van der Waals surface area contributed by atoms with Gasteiger partial charge in [-0.05, 0) is 37.3 Å². The Kier molecular flexibility index (Phi) is 5.59. The maximum atomic E-state index is 13.0. The van der Waals surface area contributed by atoms with Gasteiger partial charge < -0.3 is 10.2 Å². The molecule has 9 heteroatoms. The number of hydrogen-bond acceptors (Lipinski definition) is 5. The molecule has 2 aromatic rings. The molecule has 1 N–H and O–H groups in total. The zero-order valence-corrected chi connectivity index (χ0v) is 15.9. The molecule has 1 aliphatic rings. The van der Waals surface area contributed by atoms with Gasteiger partial charge in [0.15, 0.2) is 0 Å². The number of benzene rings is 1. The summed E-state index contributed by atoms with van der Waals surface area (Å²) in [5, 5.41) is 4.17. The number of amides is 1. The minimum Gasteiger partial charge on any atom is -0.369 e. The normalized spacial score (nSPS) is 15.8. The van der Waals surface area contributed by atoms with Crippen LogP contribution >= 0.6 is 11.3 Å². The second kappa shape index (κ2) is 7.73. The smallest absolute Gasteiger partial charge is 0.261 e. The number of sulfonamides is 1. The largest absolute Gasteiger partial charge is 0.369 e. The molecule has 0 atom stereocenters. The first kappa shape index (κ1) is 18.8. The van der Waals surface area contributed by atoms with Crippen LogP contribution in [0.15, 0.2) is 40.6 Å². The predicted molar refractivity (Wildman–Crippen MR) is 99.7 cm³/mol. The van der Waals surface area contributed by atoms with Gasteiger partial charge >= 0.3 is 0 Å². The molecule has 1 fully saturated rings. The summed E-state index contributed by atoms with van der Waals surface area (Å²) in [5.41, 5.74) is 0.873. The number of nitrogens with zero attached hydrogens (tertiary/aromatic N) is 2. The first-order chi connectivity index (χ1) is 12.4. The Balaban J connectivity index is 1.68. The van der Waals surface area contributed by atoms with Crippen LogP contribution in [0, 0.1) is 5.82 Å². The third kappa shape index (κ3) is 3.89. The lowest BCUT2D eigenvalue weighted by Crippen LogP contribution is -2.48. The number of piperazine rings is 1. The number of carbonyl (C=O) groups excluding carboxylic acids is 1.